The summed E-state index contributed by atoms with van der Waals surface area (Å²) in [6, 6.07) is 12.9. The Morgan fingerprint density at radius 2 is 1.54 bits per heavy atom. The molecule has 1 aliphatic rings. The highest BCUT2D eigenvalue weighted by Crippen LogP contribution is 2.40. The molecule has 5 heteroatoms. The van der Waals surface area contributed by atoms with Crippen LogP contribution < -0.4 is 10.6 Å². The van der Waals surface area contributed by atoms with Gasteiger partial charge in [-0.05, 0) is 54.8 Å². The van der Waals surface area contributed by atoms with Gasteiger partial charge in [0.1, 0.15) is 5.82 Å². The predicted octanol–water partition coefficient (Wildman–Crippen LogP) is 4.03. The molecular formula is C21H23FN2O2. The molecule has 4 nitrogen and oxygen atoms in total. The minimum atomic E-state index is -0.480. The lowest BCUT2D eigenvalue weighted by Crippen LogP contribution is -2.44. The average Bonchev–Trinajstić information content (AvgIpc) is 2.69. The molecule has 1 aliphatic carbocycles. The number of hydrogen-bond acceptors (Lipinski definition) is 2. The highest BCUT2D eigenvalue weighted by molar-refractivity contribution is 6.04. The van der Waals surface area contributed by atoms with Gasteiger partial charge in [0.15, 0.2) is 0 Å². The molecule has 2 aromatic carbocycles. The van der Waals surface area contributed by atoms with E-state index in [4.69, 9.17) is 0 Å². The Morgan fingerprint density at radius 3 is 2.12 bits per heavy atom. The van der Waals surface area contributed by atoms with Gasteiger partial charge in [-0.2, -0.15) is 0 Å². The van der Waals surface area contributed by atoms with Crippen molar-refractivity contribution in [2.24, 2.45) is 0 Å². The first-order chi connectivity index (χ1) is 12.5. The van der Waals surface area contributed by atoms with Gasteiger partial charge in [-0.15, -0.1) is 0 Å². The summed E-state index contributed by atoms with van der Waals surface area (Å²) >= 11 is 0. The first-order valence-electron chi connectivity index (χ1n) is 8.95. The molecule has 0 heterocycles. The van der Waals surface area contributed by atoms with Gasteiger partial charge in [0.05, 0.1) is 5.41 Å². The highest BCUT2D eigenvalue weighted by atomic mass is 19.1. The molecule has 0 aromatic heterocycles. The number of anilines is 1. The van der Waals surface area contributed by atoms with Crippen LogP contribution in [0.2, 0.25) is 0 Å². The molecule has 0 atom stereocenters. The van der Waals surface area contributed by atoms with E-state index in [1.807, 2.05) is 24.3 Å². The second kappa shape index (κ2) is 7.68. The third-order valence-electron chi connectivity index (χ3n) is 5.17. The zero-order valence-electron chi connectivity index (χ0n) is 14.8. The average molecular weight is 354 g/mol. The Hall–Kier alpha value is -2.69. The summed E-state index contributed by atoms with van der Waals surface area (Å²) < 4.78 is 13.0. The summed E-state index contributed by atoms with van der Waals surface area (Å²) in [5.41, 5.74) is 1.54. The fraction of sp³-hybridized carbons (Fsp3) is 0.333. The van der Waals surface area contributed by atoms with Crippen molar-refractivity contribution in [1.82, 2.24) is 5.32 Å². The highest BCUT2D eigenvalue weighted by Gasteiger charge is 2.40. The number of amides is 2. The first-order valence-corrected chi connectivity index (χ1v) is 8.95. The number of benzene rings is 2. The number of rotatable bonds is 4. The van der Waals surface area contributed by atoms with Gasteiger partial charge in [-0.25, -0.2) is 4.39 Å². The third kappa shape index (κ3) is 3.62. The predicted molar refractivity (Wildman–Crippen MR) is 99.6 cm³/mol. The van der Waals surface area contributed by atoms with Crippen LogP contribution in [-0.4, -0.2) is 18.9 Å². The Bertz CT molecular complexity index is 779. The minimum Gasteiger partial charge on any atom is -0.358 e. The lowest BCUT2D eigenvalue weighted by molar-refractivity contribution is -0.127. The van der Waals surface area contributed by atoms with Gasteiger partial charge in [-0.1, -0.05) is 31.4 Å². The molecule has 2 aromatic rings. The smallest absolute Gasteiger partial charge is 0.255 e. The summed E-state index contributed by atoms with van der Waals surface area (Å²) in [5, 5.41) is 5.61. The van der Waals surface area contributed by atoms with E-state index in [2.05, 4.69) is 10.6 Å². The van der Waals surface area contributed by atoms with Crippen molar-refractivity contribution in [3.05, 3.63) is 65.5 Å². The van der Waals surface area contributed by atoms with E-state index in [1.54, 1.807) is 7.05 Å². The fourth-order valence-corrected chi connectivity index (χ4v) is 3.72. The first kappa shape index (κ1) is 18.1. The molecule has 0 aliphatic heterocycles. The van der Waals surface area contributed by atoms with Gasteiger partial charge in [0, 0.05) is 18.3 Å². The number of likely N-dealkylation sites (N-methyl/N-ethyl adjacent to an activating group) is 1. The molecule has 0 unspecified atom stereocenters. The van der Waals surface area contributed by atoms with Crippen molar-refractivity contribution >= 4 is 17.5 Å². The van der Waals surface area contributed by atoms with Crippen LogP contribution in [-0.2, 0) is 10.2 Å². The summed E-state index contributed by atoms with van der Waals surface area (Å²) in [4.78, 5) is 24.8. The van der Waals surface area contributed by atoms with E-state index in [0.717, 1.165) is 37.7 Å². The summed E-state index contributed by atoms with van der Waals surface area (Å²) in [6.45, 7) is 0. The number of hydrogen-bond donors (Lipinski definition) is 2. The van der Waals surface area contributed by atoms with Crippen LogP contribution in [0.25, 0.3) is 0 Å². The molecular weight excluding hydrogens is 331 g/mol. The quantitative estimate of drug-likeness (QED) is 0.871. The van der Waals surface area contributed by atoms with Crippen LogP contribution in [0, 0.1) is 5.82 Å². The number of halogens is 1. The van der Waals surface area contributed by atoms with Crippen molar-refractivity contribution in [3.8, 4) is 0 Å². The van der Waals surface area contributed by atoms with Crippen LogP contribution in [0.1, 0.15) is 48.0 Å². The Kier molecular flexibility index (Phi) is 5.35. The van der Waals surface area contributed by atoms with Gasteiger partial charge in [0.2, 0.25) is 5.91 Å². The Morgan fingerprint density at radius 1 is 0.923 bits per heavy atom. The molecule has 2 N–H and O–H groups in total. The Balaban J connectivity index is 1.77. The molecule has 1 fully saturated rings. The molecule has 136 valence electrons. The van der Waals surface area contributed by atoms with Gasteiger partial charge < -0.3 is 10.6 Å². The van der Waals surface area contributed by atoms with Gasteiger partial charge in [-0.3, -0.25) is 9.59 Å². The third-order valence-corrected chi connectivity index (χ3v) is 5.17. The van der Waals surface area contributed by atoms with Crippen LogP contribution in [0.4, 0.5) is 10.1 Å². The van der Waals surface area contributed by atoms with Crippen molar-refractivity contribution < 1.29 is 14.0 Å². The summed E-state index contributed by atoms with van der Waals surface area (Å²) in [6.07, 6.45) is 4.92. The summed E-state index contributed by atoms with van der Waals surface area (Å²) in [7, 11) is 1.68. The molecule has 26 heavy (non-hydrogen) atoms. The maximum atomic E-state index is 13.0. The molecule has 1 saturated carbocycles. The molecule has 2 amide bonds. The van der Waals surface area contributed by atoms with Crippen LogP contribution in [0.3, 0.4) is 0 Å². The second-order valence-electron chi connectivity index (χ2n) is 6.76. The van der Waals surface area contributed by atoms with E-state index in [-0.39, 0.29) is 17.6 Å². The van der Waals surface area contributed by atoms with Crippen molar-refractivity contribution in [2.45, 2.75) is 37.5 Å². The van der Waals surface area contributed by atoms with E-state index >= 15 is 0 Å². The fourth-order valence-electron chi connectivity index (χ4n) is 3.72. The van der Waals surface area contributed by atoms with E-state index in [9.17, 15) is 14.0 Å². The topological polar surface area (TPSA) is 58.2 Å². The number of carbonyl (C=O) groups excluding carboxylic acids is 2. The molecule has 3 rings (SSSR count). The van der Waals surface area contributed by atoms with E-state index in [1.165, 1.54) is 24.3 Å². The van der Waals surface area contributed by atoms with Crippen molar-refractivity contribution in [1.29, 1.82) is 0 Å². The maximum absolute atomic E-state index is 13.0. The maximum Gasteiger partial charge on any atom is 0.255 e. The van der Waals surface area contributed by atoms with E-state index < -0.39 is 5.41 Å². The van der Waals surface area contributed by atoms with Crippen molar-refractivity contribution in [2.75, 3.05) is 12.4 Å². The lowest BCUT2D eigenvalue weighted by atomic mass is 9.68. The van der Waals surface area contributed by atoms with Crippen LogP contribution >= 0.6 is 0 Å². The lowest BCUT2D eigenvalue weighted by Gasteiger charge is -2.36. The number of nitrogens with one attached hydrogen (secondary N) is 2. The number of carbonyl (C=O) groups is 2. The molecule has 0 saturated heterocycles. The van der Waals surface area contributed by atoms with Gasteiger partial charge in [0.25, 0.3) is 5.91 Å². The standard InChI is InChI=1S/C21H23FN2O2/c1-23-20(26)21(13-3-2-4-14-21)16-7-11-18(12-8-16)24-19(25)15-5-9-17(22)10-6-15/h5-12H,2-4,13-14H2,1H3,(H,23,26)(H,24,25). The monoisotopic (exact) mass is 354 g/mol. The zero-order chi connectivity index (χ0) is 18.6. The summed E-state index contributed by atoms with van der Waals surface area (Å²) in [5.74, 6) is -0.616. The van der Waals surface area contributed by atoms with Crippen LogP contribution in [0.5, 0.6) is 0 Å². The zero-order valence-corrected chi connectivity index (χ0v) is 14.8. The Labute approximate surface area is 152 Å². The molecule has 0 spiro atoms. The van der Waals surface area contributed by atoms with Crippen LogP contribution in [0.15, 0.2) is 48.5 Å². The second-order valence-corrected chi connectivity index (χ2v) is 6.76. The largest absolute Gasteiger partial charge is 0.358 e. The van der Waals surface area contributed by atoms with Crippen molar-refractivity contribution in [3.63, 3.8) is 0 Å². The normalized spacial score (nSPS) is 15.9. The SMILES string of the molecule is CNC(=O)C1(c2ccc(NC(=O)c3ccc(F)cc3)cc2)CCCCC1. The molecule has 0 bridgehead atoms. The minimum absolute atomic E-state index is 0.0558. The molecule has 0 radical (unpaired) electrons. The van der Waals surface area contributed by atoms with E-state index in [0.29, 0.717) is 11.3 Å². The van der Waals surface area contributed by atoms with Gasteiger partial charge >= 0.3 is 0 Å².